The van der Waals surface area contributed by atoms with Crippen molar-refractivity contribution in [1.82, 2.24) is 10.5 Å². The van der Waals surface area contributed by atoms with Gasteiger partial charge in [-0.1, -0.05) is 11.2 Å². The Morgan fingerprint density at radius 2 is 1.95 bits per heavy atom. The fourth-order valence-electron chi connectivity index (χ4n) is 1.56. The van der Waals surface area contributed by atoms with Gasteiger partial charge in [0.25, 0.3) is 0 Å². The van der Waals surface area contributed by atoms with Crippen molar-refractivity contribution in [1.29, 1.82) is 0 Å². The van der Waals surface area contributed by atoms with Crippen LogP contribution in [0.2, 0.25) is 0 Å². The van der Waals surface area contributed by atoms with Gasteiger partial charge in [-0.2, -0.15) is 13.2 Å². The summed E-state index contributed by atoms with van der Waals surface area (Å²) in [6, 6.07) is 4.55. The van der Waals surface area contributed by atoms with E-state index in [0.717, 1.165) is 12.1 Å². The topological polar surface area (TPSA) is 38.1 Å². The molecule has 0 bridgehead atoms. The number of benzene rings is 1. The summed E-state index contributed by atoms with van der Waals surface area (Å²) >= 11 is 0. The fraction of sp³-hybridized carbons (Fsp3) is 0.250. The zero-order valence-corrected chi connectivity index (χ0v) is 9.67. The summed E-state index contributed by atoms with van der Waals surface area (Å²) in [4.78, 5) is 0. The molecule has 1 aromatic heterocycles. The molecule has 0 saturated heterocycles. The number of hydrogen-bond donors (Lipinski definition) is 1. The third-order valence-electron chi connectivity index (χ3n) is 2.46. The van der Waals surface area contributed by atoms with Crippen LogP contribution < -0.4 is 5.32 Å². The van der Waals surface area contributed by atoms with E-state index < -0.39 is 17.6 Å². The lowest BCUT2D eigenvalue weighted by Crippen LogP contribution is -2.14. The first kappa shape index (κ1) is 13.5. The summed E-state index contributed by atoms with van der Waals surface area (Å²) < 4.78 is 55.3. The molecule has 2 rings (SSSR count). The van der Waals surface area contributed by atoms with E-state index in [1.807, 2.05) is 0 Å². The molecule has 102 valence electrons. The molecule has 0 atom stereocenters. The Hall–Kier alpha value is -1.89. The number of halogens is 4. The molecule has 0 unspecified atom stereocenters. The van der Waals surface area contributed by atoms with Crippen LogP contribution in [0.5, 0.6) is 0 Å². The summed E-state index contributed by atoms with van der Waals surface area (Å²) in [5, 5.41) is 6.37. The van der Waals surface area contributed by atoms with E-state index in [4.69, 9.17) is 4.52 Å². The van der Waals surface area contributed by atoms with Gasteiger partial charge < -0.3 is 9.84 Å². The van der Waals surface area contributed by atoms with Gasteiger partial charge in [0.05, 0.1) is 18.3 Å². The fourth-order valence-corrected chi connectivity index (χ4v) is 1.56. The largest absolute Gasteiger partial charge is 0.419 e. The minimum absolute atomic E-state index is 0.171. The van der Waals surface area contributed by atoms with E-state index in [2.05, 4.69) is 10.5 Å². The van der Waals surface area contributed by atoms with Gasteiger partial charge in [0, 0.05) is 12.6 Å². The highest BCUT2D eigenvalue weighted by Gasteiger charge is 2.34. The molecular weight excluding hydrogens is 264 g/mol. The predicted octanol–water partition coefficient (Wildman–Crippen LogP) is 3.12. The van der Waals surface area contributed by atoms with Gasteiger partial charge in [-0.05, 0) is 17.7 Å². The standard InChI is InChI=1S/C12H10F4N2O/c13-11-2-1-8(5-10(11)12(14,15)16)6-17-7-9-3-4-18-19-9/h1-5,17H,6-7H2. The zero-order valence-electron chi connectivity index (χ0n) is 9.67. The molecule has 1 N–H and O–H groups in total. The van der Waals surface area contributed by atoms with Gasteiger partial charge in [0.2, 0.25) is 0 Å². The molecule has 7 heteroatoms. The molecule has 1 heterocycles. The van der Waals surface area contributed by atoms with Gasteiger partial charge in [-0.3, -0.25) is 0 Å². The van der Waals surface area contributed by atoms with Crippen molar-refractivity contribution in [3.63, 3.8) is 0 Å². The van der Waals surface area contributed by atoms with Crippen LogP contribution in [0, 0.1) is 5.82 Å². The summed E-state index contributed by atoms with van der Waals surface area (Å²) in [6.07, 6.45) is -3.22. The number of aromatic nitrogens is 1. The second-order valence-electron chi connectivity index (χ2n) is 3.89. The quantitative estimate of drug-likeness (QED) is 0.870. The summed E-state index contributed by atoms with van der Waals surface area (Å²) in [5.74, 6) is -0.704. The Kier molecular flexibility index (Phi) is 3.84. The van der Waals surface area contributed by atoms with E-state index in [1.165, 1.54) is 12.3 Å². The van der Waals surface area contributed by atoms with Crippen LogP contribution in [0.15, 0.2) is 35.0 Å². The van der Waals surface area contributed by atoms with Crippen molar-refractivity contribution in [3.8, 4) is 0 Å². The number of nitrogens with zero attached hydrogens (tertiary/aromatic N) is 1. The van der Waals surface area contributed by atoms with Gasteiger partial charge in [0.15, 0.2) is 0 Å². The molecule has 1 aromatic carbocycles. The third-order valence-corrected chi connectivity index (χ3v) is 2.46. The van der Waals surface area contributed by atoms with E-state index in [1.54, 1.807) is 6.07 Å². The van der Waals surface area contributed by atoms with E-state index in [0.29, 0.717) is 17.9 Å². The SMILES string of the molecule is Fc1ccc(CNCc2ccno2)cc1C(F)(F)F. The Bertz CT molecular complexity index is 537. The van der Waals surface area contributed by atoms with Crippen molar-refractivity contribution >= 4 is 0 Å². The molecule has 0 amide bonds. The normalized spacial score (nSPS) is 11.8. The lowest BCUT2D eigenvalue weighted by molar-refractivity contribution is -0.140. The highest BCUT2D eigenvalue weighted by molar-refractivity contribution is 5.27. The number of nitrogens with one attached hydrogen (secondary N) is 1. The first-order valence-corrected chi connectivity index (χ1v) is 5.43. The van der Waals surface area contributed by atoms with Crippen molar-refractivity contribution in [2.24, 2.45) is 0 Å². The monoisotopic (exact) mass is 274 g/mol. The first-order valence-electron chi connectivity index (χ1n) is 5.43. The average molecular weight is 274 g/mol. The summed E-state index contributed by atoms with van der Waals surface area (Å²) in [5.41, 5.74) is -0.917. The van der Waals surface area contributed by atoms with Crippen LogP contribution in [0.3, 0.4) is 0 Å². The van der Waals surface area contributed by atoms with Gasteiger partial charge in [0.1, 0.15) is 11.6 Å². The Labute approximate surface area is 106 Å². The number of hydrogen-bond acceptors (Lipinski definition) is 3. The summed E-state index contributed by atoms with van der Waals surface area (Å²) in [6.45, 7) is 0.503. The molecule has 19 heavy (non-hydrogen) atoms. The summed E-state index contributed by atoms with van der Waals surface area (Å²) in [7, 11) is 0. The predicted molar refractivity (Wildman–Crippen MR) is 58.4 cm³/mol. The lowest BCUT2D eigenvalue weighted by atomic mass is 10.1. The van der Waals surface area contributed by atoms with E-state index in [-0.39, 0.29) is 6.54 Å². The Morgan fingerprint density at radius 3 is 2.58 bits per heavy atom. The maximum atomic E-state index is 13.0. The first-order chi connectivity index (χ1) is 8.97. The zero-order chi connectivity index (χ0) is 13.9. The van der Waals surface area contributed by atoms with Crippen LogP contribution in [0.4, 0.5) is 17.6 Å². The Balaban J connectivity index is 2.01. The maximum Gasteiger partial charge on any atom is 0.419 e. The van der Waals surface area contributed by atoms with Crippen molar-refractivity contribution in [2.45, 2.75) is 19.3 Å². The van der Waals surface area contributed by atoms with Crippen molar-refractivity contribution in [2.75, 3.05) is 0 Å². The van der Waals surface area contributed by atoms with Crippen LogP contribution >= 0.6 is 0 Å². The molecule has 3 nitrogen and oxygen atoms in total. The van der Waals surface area contributed by atoms with Gasteiger partial charge >= 0.3 is 6.18 Å². The molecular formula is C12H10F4N2O. The van der Waals surface area contributed by atoms with Crippen LogP contribution in [-0.2, 0) is 19.3 Å². The lowest BCUT2D eigenvalue weighted by Gasteiger charge is -2.10. The van der Waals surface area contributed by atoms with Crippen molar-refractivity contribution in [3.05, 3.63) is 53.2 Å². The minimum atomic E-state index is -4.69. The molecule has 0 aliphatic rings. The second kappa shape index (κ2) is 5.40. The maximum absolute atomic E-state index is 13.0. The molecule has 0 saturated carbocycles. The second-order valence-corrected chi connectivity index (χ2v) is 3.89. The number of alkyl halides is 3. The molecule has 0 aliphatic heterocycles. The highest BCUT2D eigenvalue weighted by Crippen LogP contribution is 2.31. The molecule has 2 aromatic rings. The molecule has 0 radical (unpaired) electrons. The van der Waals surface area contributed by atoms with Gasteiger partial charge in [-0.15, -0.1) is 0 Å². The molecule has 0 aliphatic carbocycles. The van der Waals surface area contributed by atoms with E-state index in [9.17, 15) is 17.6 Å². The smallest absolute Gasteiger partial charge is 0.360 e. The third kappa shape index (κ3) is 3.54. The minimum Gasteiger partial charge on any atom is -0.360 e. The average Bonchev–Trinajstić information content (AvgIpc) is 2.83. The van der Waals surface area contributed by atoms with Crippen LogP contribution in [0.1, 0.15) is 16.9 Å². The molecule has 0 fully saturated rings. The van der Waals surface area contributed by atoms with Crippen LogP contribution in [0.25, 0.3) is 0 Å². The van der Waals surface area contributed by atoms with E-state index >= 15 is 0 Å². The number of rotatable bonds is 4. The van der Waals surface area contributed by atoms with Gasteiger partial charge in [-0.25, -0.2) is 4.39 Å². The Morgan fingerprint density at radius 1 is 1.16 bits per heavy atom. The molecule has 0 spiro atoms. The van der Waals surface area contributed by atoms with Crippen LogP contribution in [-0.4, -0.2) is 5.16 Å². The highest BCUT2D eigenvalue weighted by atomic mass is 19.4. The van der Waals surface area contributed by atoms with Crippen molar-refractivity contribution < 1.29 is 22.1 Å².